The Kier molecular flexibility index (Phi) is 5.02. The topological polar surface area (TPSA) is 72.5 Å². The van der Waals surface area contributed by atoms with Gasteiger partial charge in [-0.3, -0.25) is 9.89 Å². The molecule has 6 heteroatoms. The van der Waals surface area contributed by atoms with Gasteiger partial charge in [-0.15, -0.1) is 0 Å². The summed E-state index contributed by atoms with van der Waals surface area (Å²) in [7, 11) is 0. The second kappa shape index (κ2) is 7.01. The quantitative estimate of drug-likeness (QED) is 0.869. The molecule has 23 heavy (non-hydrogen) atoms. The molecule has 0 bridgehead atoms. The molecule has 2 N–H and O–H groups in total. The normalized spacial score (nSPS) is 25.5. The number of carbonyl (C=O) groups excluding carboxylic acids is 1. The Hall–Kier alpha value is -1.40. The molecule has 128 valence electrons. The molecule has 1 aromatic heterocycles. The van der Waals surface area contributed by atoms with Crippen LogP contribution in [0.2, 0.25) is 0 Å². The van der Waals surface area contributed by atoms with Gasteiger partial charge in [-0.2, -0.15) is 5.10 Å². The minimum atomic E-state index is -0.637. The van der Waals surface area contributed by atoms with Crippen molar-refractivity contribution in [2.24, 2.45) is 5.92 Å². The maximum atomic E-state index is 11.4. The number of hydrogen-bond acceptors (Lipinski definition) is 4. The fourth-order valence-corrected chi connectivity index (χ4v) is 3.98. The molecule has 0 spiro atoms. The number of nitrogens with zero attached hydrogens (tertiary/aromatic N) is 3. The van der Waals surface area contributed by atoms with Gasteiger partial charge in [0, 0.05) is 45.0 Å². The fraction of sp³-hybridized carbons (Fsp3) is 0.765. The molecule has 2 aliphatic heterocycles. The minimum absolute atomic E-state index is 0.115. The van der Waals surface area contributed by atoms with Crippen molar-refractivity contribution in [1.29, 1.82) is 0 Å². The second-order valence-electron chi connectivity index (χ2n) is 7.26. The summed E-state index contributed by atoms with van der Waals surface area (Å²) in [6.07, 6.45) is 6.65. The number of aromatic nitrogens is 2. The van der Waals surface area contributed by atoms with Crippen LogP contribution in [0.5, 0.6) is 0 Å². The summed E-state index contributed by atoms with van der Waals surface area (Å²) < 4.78 is 0. The van der Waals surface area contributed by atoms with Crippen LogP contribution in [0.25, 0.3) is 0 Å². The van der Waals surface area contributed by atoms with Gasteiger partial charge >= 0.3 is 0 Å². The molecule has 0 unspecified atom stereocenters. The lowest BCUT2D eigenvalue weighted by Crippen LogP contribution is -2.53. The first-order valence-corrected chi connectivity index (χ1v) is 8.73. The van der Waals surface area contributed by atoms with Crippen LogP contribution in [0.4, 0.5) is 0 Å². The predicted molar refractivity (Wildman–Crippen MR) is 87.9 cm³/mol. The van der Waals surface area contributed by atoms with E-state index >= 15 is 0 Å². The SMILES string of the molecule is CC(=O)N1CCC(O)(CN2CCC[C@@H](Cc3ccn[nH]3)C2)CC1. The number of likely N-dealkylation sites (tertiary alicyclic amines) is 2. The van der Waals surface area contributed by atoms with Crippen molar-refractivity contribution in [3.8, 4) is 0 Å². The first-order chi connectivity index (χ1) is 11.0. The summed E-state index contributed by atoms with van der Waals surface area (Å²) in [6.45, 7) is 5.80. The lowest BCUT2D eigenvalue weighted by Gasteiger charge is -2.42. The van der Waals surface area contributed by atoms with Crippen molar-refractivity contribution < 1.29 is 9.90 Å². The minimum Gasteiger partial charge on any atom is -0.388 e. The summed E-state index contributed by atoms with van der Waals surface area (Å²) in [5, 5.41) is 17.9. The molecule has 2 saturated heterocycles. The Morgan fingerprint density at radius 3 is 2.87 bits per heavy atom. The molecule has 1 atom stereocenters. The standard InChI is InChI=1S/C17H28N4O2/c1-14(22)21-9-5-17(23,6-10-21)13-20-8-2-3-15(12-20)11-16-4-7-18-19-16/h4,7,15,23H,2-3,5-6,8-13H2,1H3,(H,18,19)/t15-/m0/s1. The third-order valence-corrected chi connectivity index (χ3v) is 5.33. The van der Waals surface area contributed by atoms with Crippen LogP contribution in [0, 0.1) is 5.92 Å². The number of piperidine rings is 2. The molecule has 0 saturated carbocycles. The molecule has 1 aromatic rings. The molecule has 0 aliphatic carbocycles. The molecule has 2 fully saturated rings. The number of aliphatic hydroxyl groups is 1. The van der Waals surface area contributed by atoms with E-state index in [0.717, 1.165) is 26.1 Å². The maximum Gasteiger partial charge on any atom is 0.219 e. The second-order valence-corrected chi connectivity index (χ2v) is 7.26. The summed E-state index contributed by atoms with van der Waals surface area (Å²) in [6, 6.07) is 2.05. The fourth-order valence-electron chi connectivity index (χ4n) is 3.98. The zero-order valence-corrected chi connectivity index (χ0v) is 14.0. The molecule has 0 aromatic carbocycles. The number of amides is 1. The Morgan fingerprint density at radius 2 is 2.22 bits per heavy atom. The molecular formula is C17H28N4O2. The van der Waals surface area contributed by atoms with E-state index in [1.165, 1.54) is 18.5 Å². The number of aromatic amines is 1. The van der Waals surface area contributed by atoms with Crippen molar-refractivity contribution in [3.63, 3.8) is 0 Å². The van der Waals surface area contributed by atoms with Crippen LogP contribution >= 0.6 is 0 Å². The van der Waals surface area contributed by atoms with E-state index in [-0.39, 0.29) is 5.91 Å². The van der Waals surface area contributed by atoms with Crippen molar-refractivity contribution in [2.45, 2.75) is 44.6 Å². The van der Waals surface area contributed by atoms with E-state index in [4.69, 9.17) is 0 Å². The van der Waals surface area contributed by atoms with E-state index in [1.54, 1.807) is 13.1 Å². The van der Waals surface area contributed by atoms with Crippen molar-refractivity contribution in [3.05, 3.63) is 18.0 Å². The molecule has 3 heterocycles. The maximum absolute atomic E-state index is 11.4. The molecule has 1 amide bonds. The third kappa shape index (κ3) is 4.32. The van der Waals surface area contributed by atoms with Crippen LogP contribution in [0.1, 0.15) is 38.3 Å². The Labute approximate surface area is 137 Å². The average molecular weight is 320 g/mol. The van der Waals surface area contributed by atoms with Crippen LogP contribution in [0.3, 0.4) is 0 Å². The van der Waals surface area contributed by atoms with Gasteiger partial charge in [0.2, 0.25) is 5.91 Å². The number of rotatable bonds is 4. The van der Waals surface area contributed by atoms with Gasteiger partial charge < -0.3 is 14.9 Å². The highest BCUT2D eigenvalue weighted by Crippen LogP contribution is 2.27. The molecule has 3 rings (SSSR count). The van der Waals surface area contributed by atoms with Gasteiger partial charge in [0.15, 0.2) is 0 Å². The lowest BCUT2D eigenvalue weighted by molar-refractivity contribution is -0.133. The lowest BCUT2D eigenvalue weighted by atomic mass is 9.88. The van der Waals surface area contributed by atoms with Crippen LogP contribution in [-0.2, 0) is 11.2 Å². The molecule has 2 aliphatic rings. The van der Waals surface area contributed by atoms with Gasteiger partial charge in [-0.05, 0) is 50.6 Å². The van der Waals surface area contributed by atoms with Crippen LogP contribution < -0.4 is 0 Å². The number of H-pyrrole nitrogens is 1. The molecule has 0 radical (unpaired) electrons. The van der Waals surface area contributed by atoms with Crippen molar-refractivity contribution >= 4 is 5.91 Å². The van der Waals surface area contributed by atoms with Crippen LogP contribution in [0.15, 0.2) is 12.3 Å². The third-order valence-electron chi connectivity index (χ3n) is 5.33. The summed E-state index contributed by atoms with van der Waals surface area (Å²) in [5.74, 6) is 0.745. The van der Waals surface area contributed by atoms with E-state index in [1.807, 2.05) is 11.0 Å². The summed E-state index contributed by atoms with van der Waals surface area (Å²) in [4.78, 5) is 15.7. The first kappa shape index (κ1) is 16.5. The molecule has 6 nitrogen and oxygen atoms in total. The van der Waals surface area contributed by atoms with E-state index in [9.17, 15) is 9.90 Å². The van der Waals surface area contributed by atoms with E-state index in [0.29, 0.717) is 31.8 Å². The van der Waals surface area contributed by atoms with E-state index in [2.05, 4.69) is 15.1 Å². The Morgan fingerprint density at radius 1 is 1.43 bits per heavy atom. The highest BCUT2D eigenvalue weighted by molar-refractivity contribution is 5.73. The largest absolute Gasteiger partial charge is 0.388 e. The van der Waals surface area contributed by atoms with Crippen molar-refractivity contribution in [2.75, 3.05) is 32.7 Å². The smallest absolute Gasteiger partial charge is 0.219 e. The van der Waals surface area contributed by atoms with Gasteiger partial charge in [-0.1, -0.05) is 0 Å². The number of hydrogen-bond donors (Lipinski definition) is 2. The van der Waals surface area contributed by atoms with Gasteiger partial charge in [0.25, 0.3) is 0 Å². The average Bonchev–Trinajstić information content (AvgIpc) is 3.00. The number of nitrogens with one attached hydrogen (secondary N) is 1. The van der Waals surface area contributed by atoms with E-state index < -0.39 is 5.60 Å². The first-order valence-electron chi connectivity index (χ1n) is 8.73. The zero-order valence-electron chi connectivity index (χ0n) is 14.0. The predicted octanol–water partition coefficient (Wildman–Crippen LogP) is 1.04. The highest BCUT2D eigenvalue weighted by Gasteiger charge is 2.35. The van der Waals surface area contributed by atoms with Gasteiger partial charge in [-0.25, -0.2) is 0 Å². The van der Waals surface area contributed by atoms with Crippen molar-refractivity contribution in [1.82, 2.24) is 20.0 Å². The van der Waals surface area contributed by atoms with Crippen LogP contribution in [-0.4, -0.2) is 69.3 Å². The zero-order chi connectivity index (χ0) is 16.3. The Balaban J connectivity index is 1.50. The highest BCUT2D eigenvalue weighted by atomic mass is 16.3. The number of carbonyl (C=O) groups is 1. The summed E-state index contributed by atoms with van der Waals surface area (Å²) >= 11 is 0. The molecular weight excluding hydrogens is 292 g/mol. The van der Waals surface area contributed by atoms with Gasteiger partial charge in [0.05, 0.1) is 5.60 Å². The number of β-amino-alcohol motifs (C(OH)–C–C–N with tert-alkyl or cyclic N) is 1. The van der Waals surface area contributed by atoms with Gasteiger partial charge in [0.1, 0.15) is 0 Å². The monoisotopic (exact) mass is 320 g/mol. The summed E-state index contributed by atoms with van der Waals surface area (Å²) in [5.41, 5.74) is 0.562. The Bertz CT molecular complexity index is 509.